The number of aliphatic imine (C=N–C) groups is 1. The number of hydrogen-bond donors (Lipinski definition) is 3. The Morgan fingerprint density at radius 1 is 1.24 bits per heavy atom. The minimum absolute atomic E-state index is 0.00333. The molecule has 0 bridgehead atoms. The SMILES string of the molecule is CC1(C)C[C@@H](O)C[C@](C)(CN=Cc2c(O)n(-c3ccc(Cl)cc3)c(=O)[nH]c2=O)C1. The van der Waals surface area contributed by atoms with Gasteiger partial charge in [-0.1, -0.05) is 32.4 Å². The second-order valence-corrected chi connectivity index (χ2v) is 9.43. The van der Waals surface area contributed by atoms with Crippen molar-refractivity contribution in [3.05, 3.63) is 55.7 Å². The van der Waals surface area contributed by atoms with Crippen molar-refractivity contribution in [1.82, 2.24) is 9.55 Å². The molecule has 8 heteroatoms. The predicted octanol–water partition coefficient (Wildman–Crippen LogP) is 2.88. The van der Waals surface area contributed by atoms with Gasteiger partial charge in [-0.3, -0.25) is 14.8 Å². The molecule has 2 aromatic rings. The fourth-order valence-electron chi connectivity index (χ4n) is 4.54. The maximum atomic E-state index is 12.2. The van der Waals surface area contributed by atoms with Crippen LogP contribution in [0.5, 0.6) is 5.88 Å². The molecular weight excluding hydrogens is 394 g/mol. The summed E-state index contributed by atoms with van der Waals surface area (Å²) in [5.41, 5.74) is -1.41. The van der Waals surface area contributed by atoms with Crippen LogP contribution in [0.15, 0.2) is 38.8 Å². The van der Waals surface area contributed by atoms with Gasteiger partial charge in [0.2, 0.25) is 5.88 Å². The van der Waals surface area contributed by atoms with Crippen LogP contribution in [-0.4, -0.2) is 38.6 Å². The molecule has 0 radical (unpaired) electrons. The molecule has 1 aliphatic carbocycles. The average Bonchev–Trinajstić information content (AvgIpc) is 2.57. The first-order chi connectivity index (χ1) is 13.5. The van der Waals surface area contributed by atoms with Crippen molar-refractivity contribution in [2.24, 2.45) is 15.8 Å². The minimum Gasteiger partial charge on any atom is -0.493 e. The number of benzene rings is 1. The summed E-state index contributed by atoms with van der Waals surface area (Å²) in [5.74, 6) is -0.487. The van der Waals surface area contributed by atoms with Gasteiger partial charge in [-0.05, 0) is 54.4 Å². The Bertz CT molecular complexity index is 1040. The van der Waals surface area contributed by atoms with E-state index in [2.05, 4.69) is 30.7 Å². The standard InChI is InChI=1S/C21H26ClN3O4/c1-20(2)8-15(26)9-21(3,11-20)12-23-10-16-17(27)24-19(29)25(18(16)28)14-6-4-13(22)5-7-14/h4-7,10,15,26,28H,8-9,11-12H2,1-3H3,(H,24,27,29)/t15-,21+/m1/s1. The van der Waals surface area contributed by atoms with Gasteiger partial charge in [-0.15, -0.1) is 0 Å². The van der Waals surface area contributed by atoms with Crippen LogP contribution in [-0.2, 0) is 0 Å². The Balaban J connectivity index is 1.91. The second kappa shape index (κ2) is 7.80. The maximum Gasteiger partial charge on any atom is 0.335 e. The van der Waals surface area contributed by atoms with Gasteiger partial charge in [-0.25, -0.2) is 9.36 Å². The summed E-state index contributed by atoms with van der Waals surface area (Å²) in [5, 5.41) is 21.3. The van der Waals surface area contributed by atoms with Gasteiger partial charge < -0.3 is 10.2 Å². The molecule has 0 unspecified atom stereocenters. The van der Waals surface area contributed by atoms with Gasteiger partial charge in [0.05, 0.1) is 11.8 Å². The van der Waals surface area contributed by atoms with Crippen LogP contribution >= 0.6 is 11.6 Å². The van der Waals surface area contributed by atoms with E-state index in [0.717, 1.165) is 17.4 Å². The predicted molar refractivity (Wildman–Crippen MR) is 114 cm³/mol. The molecule has 1 fully saturated rings. The van der Waals surface area contributed by atoms with Crippen molar-refractivity contribution < 1.29 is 10.2 Å². The molecule has 1 aromatic carbocycles. The van der Waals surface area contributed by atoms with E-state index in [9.17, 15) is 19.8 Å². The first-order valence-electron chi connectivity index (χ1n) is 9.52. The Morgan fingerprint density at radius 3 is 2.52 bits per heavy atom. The first kappa shape index (κ1) is 21.3. The fourth-order valence-corrected chi connectivity index (χ4v) is 4.67. The van der Waals surface area contributed by atoms with E-state index < -0.39 is 17.1 Å². The fraction of sp³-hybridized carbons (Fsp3) is 0.476. The molecule has 0 aliphatic heterocycles. The molecule has 1 heterocycles. The maximum absolute atomic E-state index is 12.2. The van der Waals surface area contributed by atoms with Crippen LogP contribution in [0.3, 0.4) is 0 Å². The lowest BCUT2D eigenvalue weighted by Crippen LogP contribution is -2.40. The molecule has 7 nitrogen and oxygen atoms in total. The lowest BCUT2D eigenvalue weighted by molar-refractivity contribution is -0.00472. The van der Waals surface area contributed by atoms with Crippen LogP contribution in [0, 0.1) is 10.8 Å². The summed E-state index contributed by atoms with van der Waals surface area (Å²) < 4.78 is 0.994. The van der Waals surface area contributed by atoms with Gasteiger partial charge >= 0.3 is 5.69 Å². The van der Waals surface area contributed by atoms with Crippen molar-refractivity contribution in [3.63, 3.8) is 0 Å². The van der Waals surface area contributed by atoms with Crippen molar-refractivity contribution >= 4 is 17.8 Å². The van der Waals surface area contributed by atoms with Crippen molar-refractivity contribution in [3.8, 4) is 11.6 Å². The third-order valence-corrected chi connectivity index (χ3v) is 5.57. The molecule has 156 valence electrons. The van der Waals surface area contributed by atoms with Crippen molar-refractivity contribution in [2.45, 2.75) is 46.1 Å². The molecule has 3 N–H and O–H groups in total. The number of aromatic amines is 1. The lowest BCUT2D eigenvalue weighted by atomic mass is 9.63. The number of nitrogens with zero attached hydrogens (tertiary/aromatic N) is 2. The summed E-state index contributed by atoms with van der Waals surface area (Å²) in [7, 11) is 0. The number of aromatic hydroxyl groups is 1. The monoisotopic (exact) mass is 419 g/mol. The number of nitrogens with one attached hydrogen (secondary N) is 1. The van der Waals surface area contributed by atoms with Gasteiger partial charge in [0.1, 0.15) is 5.56 Å². The van der Waals surface area contributed by atoms with Crippen LogP contribution < -0.4 is 11.2 Å². The van der Waals surface area contributed by atoms with E-state index >= 15 is 0 Å². The smallest absolute Gasteiger partial charge is 0.335 e. The van der Waals surface area contributed by atoms with Crippen LogP contribution in [0.2, 0.25) is 5.02 Å². The Labute approximate surface area is 173 Å². The quantitative estimate of drug-likeness (QED) is 0.662. The van der Waals surface area contributed by atoms with Gasteiger partial charge in [0.25, 0.3) is 5.56 Å². The normalized spacial score (nSPS) is 24.1. The number of aromatic nitrogens is 2. The van der Waals surface area contributed by atoms with E-state index in [4.69, 9.17) is 11.6 Å². The minimum atomic E-state index is -0.754. The van der Waals surface area contributed by atoms with E-state index in [-0.39, 0.29) is 22.5 Å². The second-order valence-electron chi connectivity index (χ2n) is 8.99. The van der Waals surface area contributed by atoms with Crippen LogP contribution in [0.1, 0.15) is 45.6 Å². The number of aliphatic hydroxyl groups is 1. The molecule has 1 aliphatic rings. The highest BCUT2D eigenvalue weighted by Crippen LogP contribution is 2.46. The zero-order chi connectivity index (χ0) is 21.4. The number of aliphatic hydroxyl groups excluding tert-OH is 1. The Kier molecular flexibility index (Phi) is 5.74. The largest absolute Gasteiger partial charge is 0.493 e. The molecular formula is C21H26ClN3O4. The van der Waals surface area contributed by atoms with E-state index in [1.807, 2.05) is 0 Å². The molecule has 3 rings (SSSR count). The summed E-state index contributed by atoms with van der Waals surface area (Å²) in [6.45, 7) is 6.70. The molecule has 29 heavy (non-hydrogen) atoms. The molecule has 1 saturated carbocycles. The van der Waals surface area contributed by atoms with Crippen LogP contribution in [0.25, 0.3) is 5.69 Å². The number of halogens is 1. The lowest BCUT2D eigenvalue weighted by Gasteiger charge is -2.44. The number of hydrogen-bond acceptors (Lipinski definition) is 5. The molecule has 2 atom stereocenters. The Morgan fingerprint density at radius 2 is 1.90 bits per heavy atom. The molecule has 0 spiro atoms. The highest BCUT2D eigenvalue weighted by molar-refractivity contribution is 6.30. The van der Waals surface area contributed by atoms with Crippen LogP contribution in [0.4, 0.5) is 0 Å². The number of rotatable bonds is 4. The first-order valence-corrected chi connectivity index (χ1v) is 9.90. The van der Waals surface area contributed by atoms with Crippen molar-refractivity contribution in [1.29, 1.82) is 0 Å². The van der Waals surface area contributed by atoms with E-state index in [1.54, 1.807) is 24.3 Å². The van der Waals surface area contributed by atoms with Gasteiger partial charge in [0, 0.05) is 17.8 Å². The van der Waals surface area contributed by atoms with E-state index in [0.29, 0.717) is 23.7 Å². The summed E-state index contributed by atoms with van der Waals surface area (Å²) in [6.07, 6.45) is 3.17. The highest BCUT2D eigenvalue weighted by Gasteiger charge is 2.40. The topological polar surface area (TPSA) is 108 Å². The summed E-state index contributed by atoms with van der Waals surface area (Å²) in [4.78, 5) is 31.0. The average molecular weight is 420 g/mol. The summed E-state index contributed by atoms with van der Waals surface area (Å²) in [6, 6.07) is 6.29. The van der Waals surface area contributed by atoms with Gasteiger partial charge in [-0.2, -0.15) is 0 Å². The Hall–Kier alpha value is -2.38. The van der Waals surface area contributed by atoms with Crippen molar-refractivity contribution in [2.75, 3.05) is 6.54 Å². The van der Waals surface area contributed by atoms with Gasteiger partial charge in [0.15, 0.2) is 0 Å². The molecule has 1 aromatic heterocycles. The highest BCUT2D eigenvalue weighted by atomic mass is 35.5. The summed E-state index contributed by atoms with van der Waals surface area (Å²) >= 11 is 5.87. The zero-order valence-corrected chi connectivity index (χ0v) is 17.5. The third kappa shape index (κ3) is 4.79. The number of H-pyrrole nitrogens is 1. The molecule has 0 amide bonds. The third-order valence-electron chi connectivity index (χ3n) is 5.32. The molecule has 0 saturated heterocycles. The zero-order valence-electron chi connectivity index (χ0n) is 16.8. The van der Waals surface area contributed by atoms with E-state index in [1.165, 1.54) is 6.21 Å².